The number of nitrogens with two attached hydrogens (primary N) is 1. The monoisotopic (exact) mass is 262 g/mol. The Morgan fingerprint density at radius 3 is 2.72 bits per heavy atom. The van der Waals surface area contributed by atoms with Gasteiger partial charge in [0.15, 0.2) is 0 Å². The number of anilines is 2. The summed E-state index contributed by atoms with van der Waals surface area (Å²) in [6.45, 7) is 6.18. The van der Waals surface area contributed by atoms with Crippen LogP contribution in [0.5, 0.6) is 0 Å². The molecular weight excluding hydrogens is 244 g/mol. The highest BCUT2D eigenvalue weighted by atomic mass is 32.1. The first kappa shape index (κ1) is 12.8. The van der Waals surface area contributed by atoms with Gasteiger partial charge in [-0.15, -0.1) is 11.3 Å². The molecule has 2 rings (SSSR count). The highest BCUT2D eigenvalue weighted by molar-refractivity contribution is 7.11. The first-order chi connectivity index (χ1) is 8.52. The quantitative estimate of drug-likeness (QED) is 0.889. The molecule has 0 aromatic carbocycles. The molecule has 0 fully saturated rings. The Hall–Kier alpha value is -1.62. The summed E-state index contributed by atoms with van der Waals surface area (Å²) in [7, 11) is 0. The van der Waals surface area contributed by atoms with Gasteiger partial charge in [0.25, 0.3) is 0 Å². The van der Waals surface area contributed by atoms with Gasteiger partial charge in [-0.1, -0.05) is 0 Å². The Balaban J connectivity index is 2.00. The van der Waals surface area contributed by atoms with Crippen LogP contribution >= 0.6 is 11.3 Å². The van der Waals surface area contributed by atoms with Crippen molar-refractivity contribution in [2.45, 2.75) is 33.2 Å². The summed E-state index contributed by atoms with van der Waals surface area (Å²) in [4.78, 5) is 11.0. The van der Waals surface area contributed by atoms with Gasteiger partial charge in [0, 0.05) is 34.0 Å². The van der Waals surface area contributed by atoms with Crippen molar-refractivity contribution in [3.05, 3.63) is 33.6 Å². The molecule has 2 aromatic rings. The average molecular weight is 262 g/mol. The molecule has 2 aromatic heterocycles. The maximum atomic E-state index is 5.63. The third-order valence-corrected chi connectivity index (χ3v) is 3.59. The summed E-state index contributed by atoms with van der Waals surface area (Å²) < 4.78 is 0. The van der Waals surface area contributed by atoms with Crippen LogP contribution in [0.2, 0.25) is 0 Å². The maximum absolute atomic E-state index is 5.63. The number of nitrogens with zero attached hydrogens (tertiary/aromatic N) is 2. The number of aromatic nitrogens is 2. The molecule has 0 aliphatic rings. The van der Waals surface area contributed by atoms with E-state index in [9.17, 15) is 0 Å². The summed E-state index contributed by atoms with van der Waals surface area (Å²) in [6.07, 6.45) is 0.988. The Morgan fingerprint density at radius 1 is 1.33 bits per heavy atom. The van der Waals surface area contributed by atoms with Gasteiger partial charge in [0.05, 0.1) is 0 Å². The van der Waals surface area contributed by atoms with E-state index in [-0.39, 0.29) is 0 Å². The zero-order valence-corrected chi connectivity index (χ0v) is 11.7. The van der Waals surface area contributed by atoms with E-state index < -0.39 is 0 Å². The highest BCUT2D eigenvalue weighted by Crippen LogP contribution is 2.18. The zero-order valence-electron chi connectivity index (χ0n) is 10.9. The Morgan fingerprint density at radius 2 is 2.11 bits per heavy atom. The molecule has 0 bridgehead atoms. The van der Waals surface area contributed by atoms with E-state index >= 15 is 0 Å². The van der Waals surface area contributed by atoms with Gasteiger partial charge in [0.2, 0.25) is 5.95 Å². The van der Waals surface area contributed by atoms with Crippen molar-refractivity contribution in [3.8, 4) is 0 Å². The number of nitrogen functional groups attached to an aromatic ring is 1. The van der Waals surface area contributed by atoms with Gasteiger partial charge in [-0.3, -0.25) is 0 Å². The molecule has 0 radical (unpaired) electrons. The van der Waals surface area contributed by atoms with Crippen LogP contribution in [-0.4, -0.2) is 16.0 Å². The van der Waals surface area contributed by atoms with Crippen molar-refractivity contribution in [1.29, 1.82) is 0 Å². The number of hydrogen-bond acceptors (Lipinski definition) is 5. The Bertz CT molecular complexity index is 515. The predicted octanol–water partition coefficient (Wildman–Crippen LogP) is 2.78. The van der Waals surface area contributed by atoms with E-state index in [2.05, 4.69) is 41.3 Å². The lowest BCUT2D eigenvalue weighted by Crippen LogP contribution is -2.19. The van der Waals surface area contributed by atoms with Gasteiger partial charge in [-0.25, -0.2) is 4.98 Å². The minimum absolute atomic E-state index is 0.316. The second-order valence-corrected chi connectivity index (χ2v) is 5.89. The van der Waals surface area contributed by atoms with E-state index in [0.717, 1.165) is 17.9 Å². The molecule has 0 saturated carbocycles. The molecule has 0 amide bonds. The van der Waals surface area contributed by atoms with Crippen LogP contribution in [0.1, 0.15) is 22.4 Å². The van der Waals surface area contributed by atoms with Gasteiger partial charge < -0.3 is 11.1 Å². The first-order valence-electron chi connectivity index (χ1n) is 5.96. The van der Waals surface area contributed by atoms with E-state index in [4.69, 9.17) is 5.73 Å². The number of thiophene rings is 1. The molecule has 0 saturated heterocycles. The van der Waals surface area contributed by atoms with Crippen LogP contribution < -0.4 is 11.1 Å². The van der Waals surface area contributed by atoms with E-state index in [1.807, 2.05) is 24.3 Å². The lowest BCUT2D eigenvalue weighted by atomic mass is 10.2. The molecule has 1 atom stereocenters. The highest BCUT2D eigenvalue weighted by Gasteiger charge is 2.07. The molecule has 2 heterocycles. The van der Waals surface area contributed by atoms with Gasteiger partial charge in [-0.05, 0) is 32.9 Å². The lowest BCUT2D eigenvalue weighted by Gasteiger charge is -2.14. The topological polar surface area (TPSA) is 63.8 Å². The van der Waals surface area contributed by atoms with Gasteiger partial charge in [0.1, 0.15) is 5.82 Å². The van der Waals surface area contributed by atoms with Crippen LogP contribution in [0, 0.1) is 13.8 Å². The fraction of sp³-hybridized carbons (Fsp3) is 0.385. The van der Waals surface area contributed by atoms with Crippen molar-refractivity contribution < 1.29 is 0 Å². The first-order valence-corrected chi connectivity index (χ1v) is 6.77. The number of aryl methyl sites for hydroxylation is 2. The van der Waals surface area contributed by atoms with Crippen LogP contribution in [0.3, 0.4) is 0 Å². The van der Waals surface area contributed by atoms with Crippen molar-refractivity contribution >= 4 is 23.1 Å². The standard InChI is InChI=1S/C13H18N4S/c1-8(6-11-5-4-10(3)18-11)15-12-7-9(2)16-13(14)17-12/h4-5,7-8H,6H2,1-3H3,(H3,14,15,16,17). The molecule has 1 unspecified atom stereocenters. The summed E-state index contributed by atoms with van der Waals surface area (Å²) in [5.41, 5.74) is 6.51. The van der Waals surface area contributed by atoms with E-state index in [0.29, 0.717) is 12.0 Å². The minimum Gasteiger partial charge on any atom is -0.368 e. The lowest BCUT2D eigenvalue weighted by molar-refractivity contribution is 0.793. The van der Waals surface area contributed by atoms with Crippen LogP contribution in [0.15, 0.2) is 18.2 Å². The smallest absolute Gasteiger partial charge is 0.222 e. The summed E-state index contributed by atoms with van der Waals surface area (Å²) in [6, 6.07) is 6.56. The number of rotatable bonds is 4. The van der Waals surface area contributed by atoms with Crippen molar-refractivity contribution in [3.63, 3.8) is 0 Å². The second kappa shape index (κ2) is 5.35. The third-order valence-electron chi connectivity index (χ3n) is 2.57. The molecule has 18 heavy (non-hydrogen) atoms. The molecule has 4 nitrogen and oxygen atoms in total. The fourth-order valence-electron chi connectivity index (χ4n) is 1.87. The second-order valence-electron chi connectivity index (χ2n) is 4.51. The zero-order chi connectivity index (χ0) is 13.1. The summed E-state index contributed by atoms with van der Waals surface area (Å²) in [5.74, 6) is 1.11. The van der Waals surface area contributed by atoms with Crippen LogP contribution in [0.25, 0.3) is 0 Å². The molecule has 0 spiro atoms. The molecule has 0 aliphatic carbocycles. The average Bonchev–Trinajstić information content (AvgIpc) is 2.61. The van der Waals surface area contributed by atoms with Crippen molar-refractivity contribution in [2.24, 2.45) is 0 Å². The summed E-state index contributed by atoms with van der Waals surface area (Å²) >= 11 is 1.84. The SMILES string of the molecule is Cc1cc(NC(C)Cc2ccc(C)s2)nc(N)n1. The molecular formula is C13H18N4S. The van der Waals surface area contributed by atoms with Crippen LogP contribution in [-0.2, 0) is 6.42 Å². The minimum atomic E-state index is 0.316. The molecule has 3 N–H and O–H groups in total. The predicted molar refractivity (Wildman–Crippen MR) is 77.0 cm³/mol. The third kappa shape index (κ3) is 3.43. The van der Waals surface area contributed by atoms with Crippen LogP contribution in [0.4, 0.5) is 11.8 Å². The largest absolute Gasteiger partial charge is 0.368 e. The van der Waals surface area contributed by atoms with Gasteiger partial charge >= 0.3 is 0 Å². The molecule has 0 aliphatic heterocycles. The van der Waals surface area contributed by atoms with Crippen molar-refractivity contribution in [1.82, 2.24) is 9.97 Å². The fourth-order valence-corrected chi connectivity index (χ4v) is 2.88. The van der Waals surface area contributed by atoms with Gasteiger partial charge in [-0.2, -0.15) is 4.98 Å². The number of hydrogen-bond donors (Lipinski definition) is 2. The molecule has 5 heteroatoms. The maximum Gasteiger partial charge on any atom is 0.222 e. The normalized spacial score (nSPS) is 12.4. The van der Waals surface area contributed by atoms with E-state index in [1.54, 1.807) is 0 Å². The van der Waals surface area contributed by atoms with E-state index in [1.165, 1.54) is 9.75 Å². The number of nitrogens with one attached hydrogen (secondary N) is 1. The van der Waals surface area contributed by atoms with Crippen molar-refractivity contribution in [2.75, 3.05) is 11.1 Å². The Kier molecular flexibility index (Phi) is 3.81. The Labute approximate surface area is 111 Å². The molecule has 96 valence electrons. The summed E-state index contributed by atoms with van der Waals surface area (Å²) in [5, 5.41) is 3.36.